The van der Waals surface area contributed by atoms with Crippen molar-refractivity contribution in [3.05, 3.63) is 32.5 Å². The fourth-order valence-corrected chi connectivity index (χ4v) is 2.16. The molecule has 1 N–H and O–H groups in total. The van der Waals surface area contributed by atoms with E-state index in [0.29, 0.717) is 0 Å². The third-order valence-electron chi connectivity index (χ3n) is 2.63. The molecule has 1 atom stereocenters. The Bertz CT molecular complexity index is 537. The van der Waals surface area contributed by atoms with Crippen LogP contribution in [-0.4, -0.2) is 28.6 Å². The number of rotatable bonds is 2. The first-order chi connectivity index (χ1) is 8.41. The zero-order valence-corrected chi connectivity index (χ0v) is 10.6. The highest BCUT2D eigenvalue weighted by molar-refractivity contribution is 9.10. The Balaban J connectivity index is 2.54. The summed E-state index contributed by atoms with van der Waals surface area (Å²) >= 11 is 2.85. The first-order valence-electron chi connectivity index (χ1n) is 5.02. The summed E-state index contributed by atoms with van der Waals surface area (Å²) in [5.74, 6) is -1.50. The molecule has 2 rings (SSSR count). The molecule has 18 heavy (non-hydrogen) atoms. The van der Waals surface area contributed by atoms with E-state index in [2.05, 4.69) is 15.9 Å². The smallest absolute Gasteiger partial charge is 0.329 e. The van der Waals surface area contributed by atoms with Crippen LogP contribution in [0.4, 0.5) is 15.8 Å². The maximum atomic E-state index is 13.7. The second-order valence-corrected chi connectivity index (χ2v) is 4.70. The van der Waals surface area contributed by atoms with E-state index in [1.807, 2.05) is 0 Å². The monoisotopic (exact) mass is 318 g/mol. The quantitative estimate of drug-likeness (QED) is 0.663. The Kier molecular flexibility index (Phi) is 3.31. The Hall–Kier alpha value is -1.54. The summed E-state index contributed by atoms with van der Waals surface area (Å²) < 4.78 is 13.7. The average Bonchev–Trinajstić information content (AvgIpc) is 2.61. The van der Waals surface area contributed by atoms with Gasteiger partial charge in [0.2, 0.25) is 11.7 Å². The summed E-state index contributed by atoms with van der Waals surface area (Å²) in [6, 6.07) is 2.57. The van der Waals surface area contributed by atoms with Crippen LogP contribution in [0.15, 0.2) is 16.6 Å². The van der Waals surface area contributed by atoms with E-state index in [0.717, 1.165) is 4.90 Å². The lowest BCUT2D eigenvalue weighted by molar-refractivity contribution is -0.386. The van der Waals surface area contributed by atoms with Crippen molar-refractivity contribution < 1.29 is 19.2 Å². The molecule has 1 unspecified atom stereocenters. The van der Waals surface area contributed by atoms with Crippen LogP contribution in [0.5, 0.6) is 0 Å². The molecule has 0 saturated carbocycles. The molecule has 1 fully saturated rings. The van der Waals surface area contributed by atoms with E-state index >= 15 is 0 Å². The molecule has 1 aromatic rings. The summed E-state index contributed by atoms with van der Waals surface area (Å²) in [4.78, 5) is 22.6. The predicted octanol–water partition coefficient (Wildman–Crippen LogP) is 1.59. The Morgan fingerprint density at radius 1 is 1.56 bits per heavy atom. The maximum absolute atomic E-state index is 13.7. The largest absolute Gasteiger partial charge is 0.391 e. The van der Waals surface area contributed by atoms with Crippen LogP contribution in [0.1, 0.15) is 6.42 Å². The normalized spacial score (nSPS) is 19.4. The summed E-state index contributed by atoms with van der Waals surface area (Å²) in [5, 5.41) is 20.2. The van der Waals surface area contributed by atoms with E-state index in [1.165, 1.54) is 12.1 Å². The van der Waals surface area contributed by atoms with Crippen LogP contribution in [0.2, 0.25) is 0 Å². The number of halogens is 2. The van der Waals surface area contributed by atoms with Gasteiger partial charge in [0.25, 0.3) is 0 Å². The fourth-order valence-electron chi connectivity index (χ4n) is 1.84. The van der Waals surface area contributed by atoms with Crippen LogP contribution >= 0.6 is 15.9 Å². The molecule has 1 amide bonds. The van der Waals surface area contributed by atoms with E-state index in [1.54, 1.807) is 0 Å². The van der Waals surface area contributed by atoms with Crippen molar-refractivity contribution in [3.63, 3.8) is 0 Å². The number of β-amino-alcohol motifs (C(OH)–C–C–N with tert-alkyl or cyclic N) is 1. The first kappa shape index (κ1) is 12.9. The number of carbonyl (C=O) groups excluding carboxylic acids is 1. The number of carbonyl (C=O) groups is 1. The number of amides is 1. The van der Waals surface area contributed by atoms with E-state index in [9.17, 15) is 24.4 Å². The number of benzene rings is 1. The van der Waals surface area contributed by atoms with Crippen LogP contribution < -0.4 is 4.90 Å². The number of nitro benzene ring substituents is 1. The zero-order valence-electron chi connectivity index (χ0n) is 8.97. The molecule has 0 bridgehead atoms. The molecule has 1 heterocycles. The number of aliphatic hydroxyl groups is 1. The predicted molar refractivity (Wildman–Crippen MR) is 63.7 cm³/mol. The molecule has 1 aromatic carbocycles. The van der Waals surface area contributed by atoms with Crippen molar-refractivity contribution in [2.24, 2.45) is 0 Å². The first-order valence-corrected chi connectivity index (χ1v) is 5.82. The molecule has 1 saturated heterocycles. The van der Waals surface area contributed by atoms with Crippen LogP contribution in [0, 0.1) is 15.9 Å². The Morgan fingerprint density at radius 2 is 2.22 bits per heavy atom. The molecule has 6 nitrogen and oxygen atoms in total. The molecule has 8 heteroatoms. The summed E-state index contributed by atoms with van der Waals surface area (Å²) in [6.07, 6.45) is -1.00. The molecule has 0 radical (unpaired) electrons. The van der Waals surface area contributed by atoms with Gasteiger partial charge in [0.05, 0.1) is 28.5 Å². The lowest BCUT2D eigenvalue weighted by Crippen LogP contribution is -2.26. The summed E-state index contributed by atoms with van der Waals surface area (Å²) in [6.45, 7) is -0.0687. The second-order valence-electron chi connectivity index (χ2n) is 3.85. The highest BCUT2D eigenvalue weighted by atomic mass is 79.9. The minimum Gasteiger partial charge on any atom is -0.391 e. The summed E-state index contributed by atoms with van der Waals surface area (Å²) in [7, 11) is 0. The van der Waals surface area contributed by atoms with Gasteiger partial charge in [-0.05, 0) is 28.1 Å². The van der Waals surface area contributed by atoms with Crippen LogP contribution in [0.25, 0.3) is 0 Å². The van der Waals surface area contributed by atoms with Crippen molar-refractivity contribution in [1.29, 1.82) is 0 Å². The number of hydrogen-bond donors (Lipinski definition) is 1. The molecular formula is C10H8BrFN2O4. The van der Waals surface area contributed by atoms with Crippen molar-refractivity contribution >= 4 is 33.2 Å². The number of nitrogens with zero attached hydrogens (tertiary/aromatic N) is 2. The van der Waals surface area contributed by atoms with Gasteiger partial charge in [0.1, 0.15) is 5.69 Å². The van der Waals surface area contributed by atoms with Crippen LogP contribution in [0.3, 0.4) is 0 Å². The van der Waals surface area contributed by atoms with Gasteiger partial charge in [-0.3, -0.25) is 14.9 Å². The molecule has 0 spiro atoms. The summed E-state index contributed by atoms with van der Waals surface area (Å²) in [5.41, 5.74) is -0.908. The van der Waals surface area contributed by atoms with Crippen molar-refractivity contribution in [1.82, 2.24) is 0 Å². The van der Waals surface area contributed by atoms with E-state index in [-0.39, 0.29) is 23.1 Å². The van der Waals surface area contributed by atoms with Gasteiger partial charge in [-0.1, -0.05) is 0 Å². The molecule has 1 aliphatic heterocycles. The number of anilines is 1. The lowest BCUT2D eigenvalue weighted by atomic mass is 10.2. The van der Waals surface area contributed by atoms with Gasteiger partial charge >= 0.3 is 5.69 Å². The average molecular weight is 319 g/mol. The zero-order chi connectivity index (χ0) is 13.4. The van der Waals surface area contributed by atoms with E-state index < -0.39 is 28.4 Å². The van der Waals surface area contributed by atoms with Crippen molar-refractivity contribution in [2.45, 2.75) is 12.5 Å². The van der Waals surface area contributed by atoms with Crippen molar-refractivity contribution in [2.75, 3.05) is 11.4 Å². The Morgan fingerprint density at radius 3 is 2.72 bits per heavy atom. The number of aliphatic hydroxyl groups excluding tert-OH is 1. The third-order valence-corrected chi connectivity index (χ3v) is 3.24. The minimum absolute atomic E-state index is 0.0508. The molecule has 1 aliphatic rings. The molecule has 0 aliphatic carbocycles. The van der Waals surface area contributed by atoms with Crippen molar-refractivity contribution in [3.8, 4) is 0 Å². The van der Waals surface area contributed by atoms with Gasteiger partial charge in [0, 0.05) is 0 Å². The SMILES string of the molecule is O=C1CC(O)CN1c1ccc(Br)c(F)c1[N+](=O)[O-]. The van der Waals surface area contributed by atoms with Gasteiger partial charge in [-0.25, -0.2) is 0 Å². The topological polar surface area (TPSA) is 83.7 Å². The number of hydrogen-bond acceptors (Lipinski definition) is 4. The minimum atomic E-state index is -1.04. The molecular weight excluding hydrogens is 311 g/mol. The van der Waals surface area contributed by atoms with E-state index in [4.69, 9.17) is 0 Å². The van der Waals surface area contributed by atoms with Crippen LogP contribution in [-0.2, 0) is 4.79 Å². The van der Waals surface area contributed by atoms with Gasteiger partial charge in [0.15, 0.2) is 0 Å². The maximum Gasteiger partial charge on any atom is 0.329 e. The number of nitro groups is 1. The van der Waals surface area contributed by atoms with Gasteiger partial charge in [-0.2, -0.15) is 4.39 Å². The standard InChI is InChI=1S/C10H8BrFN2O4/c11-6-1-2-7(10(9(6)12)14(17)18)13-4-5(15)3-8(13)16/h1-2,5,15H,3-4H2. The molecule has 0 aromatic heterocycles. The molecule has 96 valence electrons. The van der Waals surface area contributed by atoms with Gasteiger partial charge < -0.3 is 10.0 Å². The second kappa shape index (κ2) is 4.62. The Labute approximate surface area is 109 Å². The highest BCUT2D eigenvalue weighted by Gasteiger charge is 2.35. The lowest BCUT2D eigenvalue weighted by Gasteiger charge is -2.16. The fraction of sp³-hybridized carbons (Fsp3) is 0.300. The third kappa shape index (κ3) is 2.08. The van der Waals surface area contributed by atoms with Gasteiger partial charge in [-0.15, -0.1) is 0 Å². The highest BCUT2D eigenvalue weighted by Crippen LogP contribution is 2.36.